The van der Waals surface area contributed by atoms with Gasteiger partial charge in [0.05, 0.1) is 11.8 Å². The number of hydrogen-bond acceptors (Lipinski definition) is 10. The molecule has 35 heavy (non-hydrogen) atoms. The summed E-state index contributed by atoms with van der Waals surface area (Å²) in [6.07, 6.45) is -1.75. The molecule has 2 amide bonds. The Morgan fingerprint density at radius 1 is 1.17 bits per heavy atom. The molecule has 0 aromatic carbocycles. The van der Waals surface area contributed by atoms with E-state index in [4.69, 9.17) is 17.7 Å². The lowest BCUT2D eigenvalue weighted by Crippen LogP contribution is -2.79. The number of aliphatic hydroxyl groups is 5. The van der Waals surface area contributed by atoms with Crippen LogP contribution in [0, 0.1) is 4.91 Å². The molecule has 0 radical (unpaired) electrons. The Morgan fingerprint density at radius 2 is 1.74 bits per heavy atom. The highest BCUT2D eigenvalue weighted by molar-refractivity contribution is 6.18. The molecule has 1 heterocycles. The van der Waals surface area contributed by atoms with Crippen molar-refractivity contribution in [2.75, 3.05) is 12.4 Å². The summed E-state index contributed by atoms with van der Waals surface area (Å²) in [6.45, 7) is 2.59. The summed E-state index contributed by atoms with van der Waals surface area (Å²) in [4.78, 5) is 35.6. The lowest BCUT2D eigenvalue weighted by atomic mass is 9.84. The molecule has 6 N–H and O–H groups in total. The first-order chi connectivity index (χ1) is 16.9. The summed E-state index contributed by atoms with van der Waals surface area (Å²) < 4.78 is 13.2. The Balaban J connectivity index is 2.74. The van der Waals surface area contributed by atoms with Crippen LogP contribution in [0.3, 0.4) is 0 Å². The molecule has 204 valence electrons. The average molecular weight is 527 g/mol. The van der Waals surface area contributed by atoms with Crippen LogP contribution >= 0.6 is 11.6 Å². The molecule has 1 fully saturated rings. The Kier molecular flexibility index (Phi) is 12.8. The number of aliphatic hydroxyl groups excluding tert-OH is 3. The van der Waals surface area contributed by atoms with E-state index in [-0.39, 0.29) is 23.9 Å². The van der Waals surface area contributed by atoms with Gasteiger partial charge in [-0.15, -0.1) is 16.5 Å². The fourth-order valence-electron chi connectivity index (χ4n) is 3.85. The van der Waals surface area contributed by atoms with E-state index in [1.165, 1.54) is 12.8 Å². The van der Waals surface area contributed by atoms with Crippen LogP contribution in [0.4, 0.5) is 4.79 Å². The number of carbonyl (C=O) groups excluding carboxylic acids is 2. The van der Waals surface area contributed by atoms with Crippen molar-refractivity contribution in [1.82, 2.24) is 10.3 Å². The number of halogens is 1. The van der Waals surface area contributed by atoms with Crippen molar-refractivity contribution < 1.29 is 41.2 Å². The summed E-state index contributed by atoms with van der Waals surface area (Å²) in [5.74, 6) is -3.87. The first kappa shape index (κ1) is 29.8. The number of carbonyl (C=O) groups is 2. The standard InChI is InChI=1S/C22H40ClN3O9/c1-3-4-5-6-7-8-9-10-11-12-15(27)16(28)18-17(29)19(30)22(33,21(2,32)35-18)24-20(31)26(25-34)14-13-23/h16-19,28-30,32-33H,3-14H2,1-2H3,(H,24,31)/t16?,17-,18-,19+,21?,22-/m1/s1/i11D/t11?,16?,17-,18-,19+,21?,22-. The molecule has 13 heteroatoms. The molecular formula is C22H40ClN3O9. The van der Waals surface area contributed by atoms with Gasteiger partial charge in [0.2, 0.25) is 11.5 Å². The number of hydrogen-bond donors (Lipinski definition) is 6. The second-order valence-corrected chi connectivity index (χ2v) is 9.28. The maximum atomic E-state index is 12.5. The lowest BCUT2D eigenvalue weighted by Gasteiger charge is -2.52. The molecule has 0 saturated carbocycles. The minimum absolute atomic E-state index is 0.192. The molecule has 0 aliphatic carbocycles. The second-order valence-electron chi connectivity index (χ2n) is 8.91. The molecule has 7 atom stereocenters. The third-order valence-corrected chi connectivity index (χ3v) is 6.26. The van der Waals surface area contributed by atoms with E-state index in [2.05, 4.69) is 12.2 Å². The van der Waals surface area contributed by atoms with Crippen LogP contribution in [0.2, 0.25) is 0 Å². The first-order valence-electron chi connectivity index (χ1n) is 12.5. The van der Waals surface area contributed by atoms with Gasteiger partial charge in [-0.25, -0.2) is 4.79 Å². The van der Waals surface area contributed by atoms with Crippen molar-refractivity contribution in [1.29, 1.82) is 0 Å². The minimum atomic E-state index is -3.06. The van der Waals surface area contributed by atoms with Gasteiger partial charge in [-0.1, -0.05) is 58.3 Å². The fourth-order valence-corrected chi connectivity index (χ4v) is 4.01. The number of ether oxygens (including phenoxy) is 1. The minimum Gasteiger partial charge on any atom is -0.387 e. The van der Waals surface area contributed by atoms with E-state index in [1.54, 1.807) is 5.32 Å². The van der Waals surface area contributed by atoms with Gasteiger partial charge >= 0.3 is 6.03 Å². The van der Waals surface area contributed by atoms with Crippen molar-refractivity contribution in [3.05, 3.63) is 4.91 Å². The number of nitroso groups, excluding NO2 is 1. The van der Waals surface area contributed by atoms with Gasteiger partial charge in [0.25, 0.3) is 0 Å². The third kappa shape index (κ3) is 8.59. The van der Waals surface area contributed by atoms with Gasteiger partial charge in [-0.3, -0.25) is 4.79 Å². The highest BCUT2D eigenvalue weighted by Gasteiger charge is 2.64. The topological polar surface area (TPSA) is 189 Å². The first-order valence-corrected chi connectivity index (χ1v) is 12.5. The van der Waals surface area contributed by atoms with Gasteiger partial charge in [0.1, 0.15) is 24.4 Å². The number of alkyl halides is 1. The third-order valence-electron chi connectivity index (χ3n) is 6.09. The number of nitrogens with one attached hydrogen (secondary N) is 1. The molecular weight excluding hydrogens is 486 g/mol. The summed E-state index contributed by atoms with van der Waals surface area (Å²) in [5.41, 5.74) is -3.06. The fraction of sp³-hybridized carbons (Fsp3) is 0.909. The van der Waals surface area contributed by atoms with Crippen LogP contribution in [-0.2, 0) is 9.53 Å². The van der Waals surface area contributed by atoms with Crippen LogP contribution in [0.1, 0.15) is 79.4 Å². The predicted molar refractivity (Wildman–Crippen MR) is 127 cm³/mol. The molecule has 12 nitrogen and oxygen atoms in total. The van der Waals surface area contributed by atoms with Crippen LogP contribution in [0.15, 0.2) is 5.29 Å². The zero-order chi connectivity index (χ0) is 27.5. The Labute approximate surface area is 211 Å². The van der Waals surface area contributed by atoms with E-state index >= 15 is 0 Å². The second kappa shape index (κ2) is 15.0. The summed E-state index contributed by atoms with van der Waals surface area (Å²) >= 11 is 5.46. The smallest absolute Gasteiger partial charge is 0.342 e. The van der Waals surface area contributed by atoms with Crippen molar-refractivity contribution in [3.63, 3.8) is 0 Å². The Bertz CT molecular complexity index is 720. The number of amides is 2. The molecule has 1 rings (SSSR count). The highest BCUT2D eigenvalue weighted by atomic mass is 35.5. The van der Waals surface area contributed by atoms with Crippen molar-refractivity contribution in [2.24, 2.45) is 5.29 Å². The van der Waals surface area contributed by atoms with E-state index < -0.39 is 54.1 Å². The SMILES string of the molecule is [2H]C(CCCCCCCCC)CC(=O)C(O)[C@H]1OC(C)(O)[C@@](O)(NC(=O)N(CCCl)N=O)[C@@H](O)[C@@H]1O. The number of urea groups is 1. The quantitative estimate of drug-likeness (QED) is 0.0565. The van der Waals surface area contributed by atoms with Gasteiger partial charge in [-0.05, 0) is 13.3 Å². The number of rotatable bonds is 16. The van der Waals surface area contributed by atoms with Gasteiger partial charge in [0, 0.05) is 13.7 Å². The molecule has 1 saturated heterocycles. The molecule has 0 aromatic rings. The van der Waals surface area contributed by atoms with E-state index in [9.17, 15) is 40.0 Å². The van der Waals surface area contributed by atoms with Crippen LogP contribution < -0.4 is 5.32 Å². The maximum Gasteiger partial charge on any atom is 0.342 e. The van der Waals surface area contributed by atoms with Crippen molar-refractivity contribution in [3.8, 4) is 0 Å². The van der Waals surface area contributed by atoms with Gasteiger partial charge < -0.3 is 35.6 Å². The van der Waals surface area contributed by atoms with Gasteiger partial charge in [0.15, 0.2) is 5.78 Å². The zero-order valence-electron chi connectivity index (χ0n) is 21.3. The van der Waals surface area contributed by atoms with Crippen molar-refractivity contribution in [2.45, 2.75) is 114 Å². The number of Topliss-reactive ketones (excluding diaryl/α,β-unsaturated/α-hetero) is 1. The molecule has 1 aliphatic rings. The summed E-state index contributed by atoms with van der Waals surface area (Å²) in [5, 5.41) is 57.3. The summed E-state index contributed by atoms with van der Waals surface area (Å²) in [6, 6.07) is -1.36. The normalized spacial score (nSPS) is 30.7. The number of ketones is 1. The van der Waals surface area contributed by atoms with E-state index in [0.29, 0.717) is 6.42 Å². The monoisotopic (exact) mass is 526 g/mol. The molecule has 0 bridgehead atoms. The predicted octanol–water partition coefficient (Wildman–Crippen LogP) is 1.29. The zero-order valence-corrected chi connectivity index (χ0v) is 21.1. The van der Waals surface area contributed by atoms with Gasteiger partial charge in [-0.2, -0.15) is 5.01 Å². The van der Waals surface area contributed by atoms with E-state index in [1.807, 2.05) is 0 Å². The Hall–Kier alpha value is -1.41. The molecule has 0 aromatic heterocycles. The van der Waals surface area contributed by atoms with E-state index in [0.717, 1.165) is 39.0 Å². The van der Waals surface area contributed by atoms with Crippen molar-refractivity contribution >= 4 is 23.4 Å². The average Bonchev–Trinajstić information content (AvgIpc) is 2.82. The Morgan fingerprint density at radius 3 is 2.29 bits per heavy atom. The largest absolute Gasteiger partial charge is 0.387 e. The highest BCUT2D eigenvalue weighted by Crippen LogP contribution is 2.36. The molecule has 0 spiro atoms. The molecule has 3 unspecified atom stereocenters. The van der Waals surface area contributed by atoms with Crippen LogP contribution in [0.5, 0.6) is 0 Å². The molecule has 1 aliphatic heterocycles. The van der Waals surface area contributed by atoms with Crippen LogP contribution in [-0.4, -0.2) is 90.7 Å². The van der Waals surface area contributed by atoms with Crippen LogP contribution in [0.25, 0.3) is 0 Å². The number of nitrogens with zero attached hydrogens (tertiary/aromatic N) is 2. The summed E-state index contributed by atoms with van der Waals surface area (Å²) in [7, 11) is 0. The maximum absolute atomic E-state index is 12.5. The number of unbranched alkanes of at least 4 members (excludes halogenated alkanes) is 6. The lowest BCUT2D eigenvalue weighted by molar-refractivity contribution is -0.390.